The first kappa shape index (κ1) is 19.1. The number of likely N-dealkylation sites (tertiary alicyclic amines) is 1. The van der Waals surface area contributed by atoms with Crippen LogP contribution < -0.4 is 5.32 Å². The van der Waals surface area contributed by atoms with E-state index in [1.54, 1.807) is 4.90 Å². The summed E-state index contributed by atoms with van der Waals surface area (Å²) < 4.78 is 0. The molecule has 9 heteroatoms. The van der Waals surface area contributed by atoms with Crippen molar-refractivity contribution in [1.29, 1.82) is 0 Å². The zero-order valence-electron chi connectivity index (χ0n) is 13.0. The van der Waals surface area contributed by atoms with E-state index in [0.717, 1.165) is 17.7 Å². The van der Waals surface area contributed by atoms with E-state index in [1.807, 2.05) is 7.05 Å². The van der Waals surface area contributed by atoms with Gasteiger partial charge in [-0.15, -0.1) is 19.0 Å². The van der Waals surface area contributed by atoms with Gasteiger partial charge in [0.25, 0.3) is 0 Å². The van der Waals surface area contributed by atoms with Gasteiger partial charge in [0, 0.05) is 25.7 Å². The molecule has 0 aromatic rings. The number of imide groups is 2. The summed E-state index contributed by atoms with van der Waals surface area (Å²) in [5.74, 6) is -2.19. The monoisotopic (exact) mass is 344 g/mol. The Morgan fingerprint density at radius 1 is 1.30 bits per heavy atom. The molecule has 0 bridgehead atoms. The maximum absolute atomic E-state index is 12.3. The van der Waals surface area contributed by atoms with E-state index in [0.29, 0.717) is 18.0 Å². The van der Waals surface area contributed by atoms with Gasteiger partial charge >= 0.3 is 17.8 Å². The Morgan fingerprint density at radius 3 is 2.57 bits per heavy atom. The predicted octanol–water partition coefficient (Wildman–Crippen LogP) is -0.405. The van der Waals surface area contributed by atoms with Crippen LogP contribution >= 0.6 is 12.4 Å². The lowest BCUT2D eigenvalue weighted by molar-refractivity contribution is -0.145. The second kappa shape index (κ2) is 8.07. The average molecular weight is 345 g/mol. The fourth-order valence-corrected chi connectivity index (χ4v) is 2.65. The summed E-state index contributed by atoms with van der Waals surface area (Å²) in [5, 5.41) is 3.12. The summed E-state index contributed by atoms with van der Waals surface area (Å²) in [6, 6.07) is -0.549. The SMILES string of the molecule is C=CCN1C(=O)C(=O)N(CC(=O)N2CCCC(NC)C2)C1=O.Cl. The van der Waals surface area contributed by atoms with Gasteiger partial charge in [0.15, 0.2) is 0 Å². The van der Waals surface area contributed by atoms with Crippen LogP contribution in [-0.4, -0.2) is 77.7 Å². The van der Waals surface area contributed by atoms with E-state index in [-0.39, 0.29) is 30.9 Å². The van der Waals surface area contributed by atoms with E-state index in [9.17, 15) is 19.2 Å². The van der Waals surface area contributed by atoms with Crippen LogP contribution in [-0.2, 0) is 14.4 Å². The number of carbonyl (C=O) groups excluding carboxylic acids is 4. The van der Waals surface area contributed by atoms with Crippen LogP contribution in [0.4, 0.5) is 4.79 Å². The maximum Gasteiger partial charge on any atom is 0.335 e. The molecule has 8 nitrogen and oxygen atoms in total. The molecule has 0 spiro atoms. The summed E-state index contributed by atoms with van der Waals surface area (Å²) in [4.78, 5) is 51.0. The summed E-state index contributed by atoms with van der Waals surface area (Å²) in [5.41, 5.74) is 0. The molecule has 2 rings (SSSR count). The molecular formula is C14H21ClN4O4. The Bertz CT molecular complexity index is 525. The van der Waals surface area contributed by atoms with Crippen molar-refractivity contribution in [2.75, 3.05) is 33.2 Å². The largest absolute Gasteiger partial charge is 0.340 e. The fraction of sp³-hybridized carbons (Fsp3) is 0.571. The molecular weight excluding hydrogens is 324 g/mol. The first-order chi connectivity index (χ1) is 10.5. The first-order valence-electron chi connectivity index (χ1n) is 7.22. The number of amides is 5. The van der Waals surface area contributed by atoms with Crippen molar-refractivity contribution in [2.24, 2.45) is 0 Å². The Kier molecular flexibility index (Phi) is 6.71. The van der Waals surface area contributed by atoms with Crippen LogP contribution in [0.5, 0.6) is 0 Å². The molecule has 0 aliphatic carbocycles. The molecule has 0 aromatic carbocycles. The minimum atomic E-state index is -0.956. The number of piperidine rings is 1. The third-order valence-corrected chi connectivity index (χ3v) is 3.92. The van der Waals surface area contributed by atoms with Gasteiger partial charge in [-0.25, -0.2) is 9.69 Å². The molecule has 2 aliphatic heterocycles. The highest BCUT2D eigenvalue weighted by Crippen LogP contribution is 2.14. The molecule has 2 fully saturated rings. The number of likely N-dealkylation sites (N-methyl/N-ethyl adjacent to an activating group) is 1. The fourth-order valence-electron chi connectivity index (χ4n) is 2.65. The molecule has 23 heavy (non-hydrogen) atoms. The molecule has 0 saturated carbocycles. The Morgan fingerprint density at radius 2 is 1.96 bits per heavy atom. The first-order valence-corrected chi connectivity index (χ1v) is 7.22. The topological polar surface area (TPSA) is 90.0 Å². The van der Waals surface area contributed by atoms with Gasteiger partial charge in [-0.1, -0.05) is 6.08 Å². The minimum Gasteiger partial charge on any atom is -0.340 e. The highest BCUT2D eigenvalue weighted by atomic mass is 35.5. The average Bonchev–Trinajstić information content (AvgIpc) is 2.73. The Labute approximate surface area is 140 Å². The predicted molar refractivity (Wildman–Crippen MR) is 84.9 cm³/mol. The van der Waals surface area contributed by atoms with Crippen LogP contribution in [0.15, 0.2) is 12.7 Å². The van der Waals surface area contributed by atoms with Crippen molar-refractivity contribution in [3.05, 3.63) is 12.7 Å². The van der Waals surface area contributed by atoms with Crippen molar-refractivity contribution in [1.82, 2.24) is 20.0 Å². The standard InChI is InChI=1S/C14H20N4O4.ClH/c1-3-6-17-12(20)13(21)18(14(17)22)9-11(19)16-7-4-5-10(8-16)15-2;/h3,10,15H,1,4-9H2,2H3;1H. The number of nitrogens with one attached hydrogen (secondary N) is 1. The molecule has 2 saturated heterocycles. The van der Waals surface area contributed by atoms with E-state index < -0.39 is 24.4 Å². The lowest BCUT2D eigenvalue weighted by Gasteiger charge is -2.33. The van der Waals surface area contributed by atoms with Crippen LogP contribution in [0.25, 0.3) is 0 Å². The van der Waals surface area contributed by atoms with E-state index in [2.05, 4.69) is 11.9 Å². The number of hydrogen-bond donors (Lipinski definition) is 1. The third-order valence-electron chi connectivity index (χ3n) is 3.92. The number of halogens is 1. The van der Waals surface area contributed by atoms with Crippen molar-refractivity contribution in [3.63, 3.8) is 0 Å². The summed E-state index contributed by atoms with van der Waals surface area (Å²) in [7, 11) is 1.83. The van der Waals surface area contributed by atoms with Gasteiger partial charge in [0.2, 0.25) is 5.91 Å². The van der Waals surface area contributed by atoms with E-state index >= 15 is 0 Å². The summed E-state index contributed by atoms with van der Waals surface area (Å²) in [6.45, 7) is 4.13. The molecule has 2 heterocycles. The molecule has 128 valence electrons. The van der Waals surface area contributed by atoms with Crippen LogP contribution in [0.2, 0.25) is 0 Å². The Balaban J connectivity index is 0.00000264. The number of hydrogen-bond acceptors (Lipinski definition) is 5. The van der Waals surface area contributed by atoms with Crippen molar-refractivity contribution >= 4 is 36.2 Å². The maximum atomic E-state index is 12.3. The van der Waals surface area contributed by atoms with Gasteiger partial charge in [-0.3, -0.25) is 19.3 Å². The molecule has 2 aliphatic rings. The Hall–Kier alpha value is -1.93. The highest BCUT2D eigenvalue weighted by Gasteiger charge is 2.45. The number of rotatable bonds is 5. The summed E-state index contributed by atoms with van der Waals surface area (Å²) >= 11 is 0. The van der Waals surface area contributed by atoms with Crippen LogP contribution in [0.1, 0.15) is 12.8 Å². The zero-order valence-corrected chi connectivity index (χ0v) is 13.8. The normalized spacial score (nSPS) is 21.5. The quantitative estimate of drug-likeness (QED) is 0.416. The smallest absolute Gasteiger partial charge is 0.335 e. The van der Waals surface area contributed by atoms with E-state index in [1.165, 1.54) is 6.08 Å². The van der Waals surface area contributed by atoms with Gasteiger partial charge in [0.05, 0.1) is 0 Å². The second-order valence-corrected chi connectivity index (χ2v) is 5.35. The van der Waals surface area contributed by atoms with Crippen LogP contribution in [0, 0.1) is 0 Å². The second-order valence-electron chi connectivity index (χ2n) is 5.35. The molecule has 1 N–H and O–H groups in total. The zero-order chi connectivity index (χ0) is 16.3. The van der Waals surface area contributed by atoms with Gasteiger partial charge in [-0.2, -0.15) is 0 Å². The number of nitrogens with zero attached hydrogens (tertiary/aromatic N) is 3. The van der Waals surface area contributed by atoms with Gasteiger partial charge in [-0.05, 0) is 19.9 Å². The molecule has 1 atom stereocenters. The van der Waals surface area contributed by atoms with Gasteiger partial charge < -0.3 is 10.2 Å². The summed E-state index contributed by atoms with van der Waals surface area (Å²) in [6.07, 6.45) is 3.20. The molecule has 0 radical (unpaired) electrons. The van der Waals surface area contributed by atoms with Crippen molar-refractivity contribution in [3.8, 4) is 0 Å². The van der Waals surface area contributed by atoms with Crippen molar-refractivity contribution in [2.45, 2.75) is 18.9 Å². The highest BCUT2D eigenvalue weighted by molar-refractivity contribution is 6.45. The number of urea groups is 1. The molecule has 0 aromatic heterocycles. The third kappa shape index (κ3) is 3.89. The lowest BCUT2D eigenvalue weighted by atomic mass is 10.1. The van der Waals surface area contributed by atoms with Gasteiger partial charge in [0.1, 0.15) is 6.54 Å². The number of carbonyl (C=O) groups is 4. The minimum absolute atomic E-state index is 0. The van der Waals surface area contributed by atoms with E-state index in [4.69, 9.17) is 0 Å². The molecule has 1 unspecified atom stereocenters. The van der Waals surface area contributed by atoms with Crippen LogP contribution in [0.3, 0.4) is 0 Å². The molecule has 5 amide bonds. The van der Waals surface area contributed by atoms with Crippen molar-refractivity contribution < 1.29 is 19.2 Å². The lowest BCUT2D eigenvalue weighted by Crippen LogP contribution is -2.50.